The van der Waals surface area contributed by atoms with E-state index in [2.05, 4.69) is 30.7 Å². The highest BCUT2D eigenvalue weighted by atomic mass is 14.8. The molecule has 0 aromatic carbocycles. The maximum absolute atomic E-state index is 4.45. The molecule has 0 unspecified atom stereocenters. The third-order valence-corrected chi connectivity index (χ3v) is 2.58. The van der Waals surface area contributed by atoms with Crippen LogP contribution in [0.5, 0.6) is 0 Å². The number of hydrogen-bond acceptors (Lipinski definition) is 2. The van der Waals surface area contributed by atoms with Gasteiger partial charge in [-0.25, -0.2) is 0 Å². The first kappa shape index (κ1) is 11.2. The second-order valence-corrected chi connectivity index (χ2v) is 3.80. The van der Waals surface area contributed by atoms with Crippen molar-refractivity contribution in [3.8, 4) is 0 Å². The molecule has 78 valence electrons. The predicted molar refractivity (Wildman–Crippen MR) is 59.3 cm³/mol. The van der Waals surface area contributed by atoms with Gasteiger partial charge in [0.2, 0.25) is 0 Å². The van der Waals surface area contributed by atoms with Gasteiger partial charge in [-0.05, 0) is 19.8 Å². The topological polar surface area (TPSA) is 25.8 Å². The lowest BCUT2D eigenvalue weighted by molar-refractivity contribution is 0.542. The minimum atomic E-state index is 0.610. The highest BCUT2D eigenvalue weighted by molar-refractivity contribution is 5.13. The zero-order valence-electron chi connectivity index (χ0n) is 9.45. The van der Waals surface area contributed by atoms with E-state index in [1.807, 2.05) is 0 Å². The van der Waals surface area contributed by atoms with Crippen LogP contribution in [0.4, 0.5) is 0 Å². The highest BCUT2D eigenvalue weighted by Gasteiger charge is 2.13. The van der Waals surface area contributed by atoms with E-state index >= 15 is 0 Å². The quantitative estimate of drug-likeness (QED) is 0.714. The largest absolute Gasteiger partial charge is 0.258 e. The van der Waals surface area contributed by atoms with Gasteiger partial charge in [0.25, 0.3) is 0 Å². The number of rotatable bonds is 5. The normalized spacial score (nSPS) is 10.9. The first-order chi connectivity index (χ1) is 6.79. The molecule has 0 spiro atoms. The lowest BCUT2D eigenvalue weighted by Gasteiger charge is -2.15. The van der Waals surface area contributed by atoms with Crippen molar-refractivity contribution in [1.29, 1.82) is 0 Å². The Hall–Kier alpha value is -0.920. The Morgan fingerprint density at radius 3 is 2.14 bits per heavy atom. The third kappa shape index (κ3) is 2.79. The fourth-order valence-corrected chi connectivity index (χ4v) is 1.93. The molecule has 1 rings (SSSR count). The summed E-state index contributed by atoms with van der Waals surface area (Å²) in [6.07, 6.45) is 8.48. The van der Waals surface area contributed by atoms with Gasteiger partial charge < -0.3 is 0 Å². The molecule has 1 heterocycles. The zero-order chi connectivity index (χ0) is 10.4. The molecule has 0 amide bonds. The summed E-state index contributed by atoms with van der Waals surface area (Å²) in [5, 5.41) is 0. The van der Waals surface area contributed by atoms with Crippen molar-refractivity contribution in [3.63, 3.8) is 0 Å². The minimum absolute atomic E-state index is 0.610. The van der Waals surface area contributed by atoms with Crippen LogP contribution in [0.1, 0.15) is 56.8 Å². The average Bonchev–Trinajstić information content (AvgIpc) is 2.18. The smallest absolute Gasteiger partial charge is 0.0646 e. The van der Waals surface area contributed by atoms with Crippen LogP contribution in [-0.4, -0.2) is 9.97 Å². The van der Waals surface area contributed by atoms with Crippen LogP contribution in [0.15, 0.2) is 12.4 Å². The van der Waals surface area contributed by atoms with Crippen LogP contribution < -0.4 is 0 Å². The number of aromatic nitrogens is 2. The average molecular weight is 192 g/mol. The van der Waals surface area contributed by atoms with E-state index in [0.29, 0.717) is 5.92 Å². The summed E-state index contributed by atoms with van der Waals surface area (Å²) in [5.74, 6) is 0.610. The summed E-state index contributed by atoms with van der Waals surface area (Å²) in [6.45, 7) is 6.52. The molecule has 0 bridgehead atoms. The molecule has 0 radical (unpaired) electrons. The van der Waals surface area contributed by atoms with E-state index < -0.39 is 0 Å². The Morgan fingerprint density at radius 2 is 1.64 bits per heavy atom. The number of nitrogens with zero attached hydrogens (tertiary/aromatic N) is 2. The van der Waals surface area contributed by atoms with Gasteiger partial charge in [-0.15, -0.1) is 0 Å². The highest BCUT2D eigenvalue weighted by Crippen LogP contribution is 2.25. The maximum atomic E-state index is 4.45. The molecule has 2 nitrogen and oxygen atoms in total. The van der Waals surface area contributed by atoms with Crippen molar-refractivity contribution in [2.75, 3.05) is 0 Å². The van der Waals surface area contributed by atoms with E-state index in [0.717, 1.165) is 5.69 Å². The van der Waals surface area contributed by atoms with Crippen molar-refractivity contribution < 1.29 is 0 Å². The second kappa shape index (κ2) is 5.74. The Bertz CT molecular complexity index is 265. The van der Waals surface area contributed by atoms with Crippen molar-refractivity contribution in [2.24, 2.45) is 0 Å². The van der Waals surface area contributed by atoms with Crippen molar-refractivity contribution in [1.82, 2.24) is 9.97 Å². The molecular weight excluding hydrogens is 172 g/mol. The van der Waals surface area contributed by atoms with Crippen LogP contribution in [-0.2, 0) is 0 Å². The first-order valence-corrected chi connectivity index (χ1v) is 5.57. The Balaban J connectivity index is 2.81. The molecule has 0 atom stereocenters. The van der Waals surface area contributed by atoms with Gasteiger partial charge in [0.1, 0.15) is 0 Å². The summed E-state index contributed by atoms with van der Waals surface area (Å²) in [7, 11) is 0. The van der Waals surface area contributed by atoms with Gasteiger partial charge in [-0.3, -0.25) is 9.97 Å². The van der Waals surface area contributed by atoms with E-state index in [4.69, 9.17) is 0 Å². The molecule has 0 aliphatic carbocycles. The standard InChI is InChI=1S/C12H20N2/c1-4-6-11(7-5-2)12-10(3)13-8-9-14-12/h8-9,11H,4-7H2,1-3H3. The number of hydrogen-bond donors (Lipinski definition) is 0. The fraction of sp³-hybridized carbons (Fsp3) is 0.667. The van der Waals surface area contributed by atoms with Crippen molar-refractivity contribution in [3.05, 3.63) is 23.8 Å². The lowest BCUT2D eigenvalue weighted by atomic mass is 9.93. The summed E-state index contributed by atoms with van der Waals surface area (Å²) < 4.78 is 0. The summed E-state index contributed by atoms with van der Waals surface area (Å²) in [6, 6.07) is 0. The molecule has 2 heteroatoms. The van der Waals surface area contributed by atoms with Crippen LogP contribution in [0, 0.1) is 6.92 Å². The molecule has 0 aliphatic rings. The molecule has 0 saturated heterocycles. The van der Waals surface area contributed by atoms with Gasteiger partial charge in [0.05, 0.1) is 11.4 Å². The second-order valence-electron chi connectivity index (χ2n) is 3.80. The zero-order valence-corrected chi connectivity index (χ0v) is 9.45. The van der Waals surface area contributed by atoms with Crippen LogP contribution >= 0.6 is 0 Å². The SMILES string of the molecule is CCCC(CCC)c1nccnc1C. The summed E-state index contributed by atoms with van der Waals surface area (Å²) >= 11 is 0. The monoisotopic (exact) mass is 192 g/mol. The van der Waals surface area contributed by atoms with Crippen molar-refractivity contribution >= 4 is 0 Å². The summed E-state index contributed by atoms with van der Waals surface area (Å²) in [4.78, 5) is 8.76. The third-order valence-electron chi connectivity index (χ3n) is 2.58. The maximum Gasteiger partial charge on any atom is 0.0646 e. The van der Waals surface area contributed by atoms with E-state index in [1.54, 1.807) is 12.4 Å². The van der Waals surface area contributed by atoms with E-state index in [9.17, 15) is 0 Å². The van der Waals surface area contributed by atoms with E-state index in [1.165, 1.54) is 31.4 Å². The predicted octanol–water partition coefficient (Wildman–Crippen LogP) is 3.47. The molecule has 0 aliphatic heterocycles. The first-order valence-electron chi connectivity index (χ1n) is 5.57. The molecule has 0 saturated carbocycles. The number of aryl methyl sites for hydroxylation is 1. The summed E-state index contributed by atoms with van der Waals surface area (Å²) in [5.41, 5.74) is 2.30. The van der Waals surface area contributed by atoms with Crippen LogP contribution in [0.25, 0.3) is 0 Å². The molecule has 1 aromatic rings. The molecule has 1 aromatic heterocycles. The Labute approximate surface area is 86.8 Å². The van der Waals surface area contributed by atoms with Gasteiger partial charge in [-0.2, -0.15) is 0 Å². The molecular formula is C12H20N2. The van der Waals surface area contributed by atoms with E-state index in [-0.39, 0.29) is 0 Å². The van der Waals surface area contributed by atoms with Crippen LogP contribution in [0.2, 0.25) is 0 Å². The van der Waals surface area contributed by atoms with Gasteiger partial charge in [-0.1, -0.05) is 26.7 Å². The molecule has 0 N–H and O–H groups in total. The van der Waals surface area contributed by atoms with Gasteiger partial charge >= 0.3 is 0 Å². The minimum Gasteiger partial charge on any atom is -0.258 e. The Morgan fingerprint density at radius 1 is 1.07 bits per heavy atom. The van der Waals surface area contributed by atoms with Gasteiger partial charge in [0.15, 0.2) is 0 Å². The lowest BCUT2D eigenvalue weighted by Crippen LogP contribution is -2.04. The molecule has 0 fully saturated rings. The van der Waals surface area contributed by atoms with Crippen molar-refractivity contribution in [2.45, 2.75) is 52.4 Å². The Kier molecular flexibility index (Phi) is 4.57. The fourth-order valence-electron chi connectivity index (χ4n) is 1.93. The van der Waals surface area contributed by atoms with Crippen LogP contribution in [0.3, 0.4) is 0 Å². The van der Waals surface area contributed by atoms with Gasteiger partial charge in [0, 0.05) is 18.3 Å². The molecule has 14 heavy (non-hydrogen) atoms.